The summed E-state index contributed by atoms with van der Waals surface area (Å²) in [5.74, 6) is -0.944. The second-order valence-electron chi connectivity index (χ2n) is 8.82. The normalized spacial score (nSPS) is 16.5. The number of likely N-dealkylation sites (tertiary alicyclic amines) is 1. The predicted molar refractivity (Wildman–Crippen MR) is 123 cm³/mol. The Morgan fingerprint density at radius 1 is 1.09 bits per heavy atom. The zero-order chi connectivity index (χ0) is 23.0. The number of ketones is 1. The summed E-state index contributed by atoms with van der Waals surface area (Å²) in [4.78, 5) is 39.0. The summed E-state index contributed by atoms with van der Waals surface area (Å²) in [7, 11) is 0. The fraction of sp³-hybridized carbons (Fsp3) is 0.375. The Morgan fingerprint density at radius 3 is 2.50 bits per heavy atom. The Balaban J connectivity index is 1.42. The maximum absolute atomic E-state index is 12.6. The highest BCUT2D eigenvalue weighted by molar-refractivity contribution is 9.10. The molecule has 0 radical (unpaired) electrons. The summed E-state index contributed by atoms with van der Waals surface area (Å²) in [6.45, 7) is 5.32. The number of amides is 1. The number of esters is 1. The van der Waals surface area contributed by atoms with E-state index in [1.54, 1.807) is 32.9 Å². The molecule has 3 aromatic rings. The van der Waals surface area contributed by atoms with Gasteiger partial charge in [-0.2, -0.15) is 0 Å². The van der Waals surface area contributed by atoms with Crippen molar-refractivity contribution in [2.45, 2.75) is 45.3 Å². The Kier molecular flexibility index (Phi) is 5.99. The molecule has 0 saturated carbocycles. The minimum atomic E-state index is -0.742. The van der Waals surface area contributed by atoms with E-state index in [1.807, 2.05) is 24.3 Å². The van der Waals surface area contributed by atoms with Gasteiger partial charge in [-0.15, -0.1) is 0 Å². The number of rotatable bonds is 4. The Bertz CT molecular complexity index is 1210. The highest BCUT2D eigenvalue weighted by Gasteiger charge is 2.37. The van der Waals surface area contributed by atoms with Gasteiger partial charge in [0.2, 0.25) is 0 Å². The lowest BCUT2D eigenvalue weighted by atomic mass is 10.1. The van der Waals surface area contributed by atoms with Crippen LogP contribution < -0.4 is 0 Å². The monoisotopic (exact) mass is 501 g/mol. The molecule has 1 atom stereocenters. The van der Waals surface area contributed by atoms with E-state index in [9.17, 15) is 14.4 Å². The third-order valence-electron chi connectivity index (χ3n) is 5.26. The van der Waals surface area contributed by atoms with Gasteiger partial charge >= 0.3 is 12.1 Å². The summed E-state index contributed by atoms with van der Waals surface area (Å²) < 4.78 is 17.4. The summed E-state index contributed by atoms with van der Waals surface area (Å²) in [5, 5.41) is 1.86. The molecule has 7 nitrogen and oxygen atoms in total. The van der Waals surface area contributed by atoms with Crippen LogP contribution in [0.5, 0.6) is 0 Å². The number of fused-ring (bicyclic) bond motifs is 3. The molecule has 1 saturated heterocycles. The van der Waals surface area contributed by atoms with Crippen LogP contribution in [-0.2, 0) is 14.3 Å². The van der Waals surface area contributed by atoms with Crippen molar-refractivity contribution in [3.63, 3.8) is 0 Å². The molecular formula is C24H24BrNO6. The van der Waals surface area contributed by atoms with Crippen molar-refractivity contribution in [3.05, 3.63) is 46.4 Å². The van der Waals surface area contributed by atoms with Crippen molar-refractivity contribution in [1.82, 2.24) is 4.90 Å². The summed E-state index contributed by atoms with van der Waals surface area (Å²) >= 11 is 3.42. The van der Waals surface area contributed by atoms with Crippen LogP contribution >= 0.6 is 15.9 Å². The zero-order valence-electron chi connectivity index (χ0n) is 18.1. The molecule has 1 fully saturated rings. The zero-order valence-corrected chi connectivity index (χ0v) is 19.7. The van der Waals surface area contributed by atoms with E-state index in [2.05, 4.69) is 15.9 Å². The first-order chi connectivity index (χ1) is 15.1. The molecule has 2 heterocycles. The van der Waals surface area contributed by atoms with Crippen LogP contribution in [0.1, 0.15) is 44.0 Å². The molecule has 2 aromatic carbocycles. The first-order valence-corrected chi connectivity index (χ1v) is 11.2. The number of hydrogen-bond donors (Lipinski definition) is 0. The lowest BCUT2D eigenvalue weighted by Gasteiger charge is -2.27. The minimum absolute atomic E-state index is 0.344. The SMILES string of the molecule is CC(C)(C)OC(=O)N1CCC[C@@H]1C(=O)OCC(=O)c1ccc2c(c1)oc1cc(Br)ccc12. The van der Waals surface area contributed by atoms with Gasteiger partial charge in [0.05, 0.1) is 0 Å². The third-order valence-corrected chi connectivity index (χ3v) is 5.75. The van der Waals surface area contributed by atoms with Crippen molar-refractivity contribution in [3.8, 4) is 0 Å². The van der Waals surface area contributed by atoms with Gasteiger partial charge < -0.3 is 13.9 Å². The van der Waals surface area contributed by atoms with Gasteiger partial charge in [0.25, 0.3) is 0 Å². The maximum Gasteiger partial charge on any atom is 0.411 e. The van der Waals surface area contributed by atoms with Crippen molar-refractivity contribution in [2.75, 3.05) is 13.2 Å². The fourth-order valence-electron chi connectivity index (χ4n) is 3.79. The van der Waals surface area contributed by atoms with E-state index in [0.29, 0.717) is 36.1 Å². The van der Waals surface area contributed by atoms with Crippen LogP contribution in [-0.4, -0.2) is 47.5 Å². The van der Waals surface area contributed by atoms with E-state index < -0.39 is 30.3 Å². The van der Waals surface area contributed by atoms with Crippen molar-refractivity contribution in [1.29, 1.82) is 0 Å². The maximum atomic E-state index is 12.6. The molecule has 8 heteroatoms. The van der Waals surface area contributed by atoms with Crippen molar-refractivity contribution >= 4 is 55.7 Å². The molecule has 4 rings (SSSR count). The summed E-state index contributed by atoms with van der Waals surface area (Å²) in [6.07, 6.45) is 0.601. The predicted octanol–water partition coefficient (Wildman–Crippen LogP) is 5.47. The molecule has 0 bridgehead atoms. The summed E-state index contributed by atoms with van der Waals surface area (Å²) in [5.41, 5.74) is 1.03. The van der Waals surface area contributed by atoms with E-state index in [-0.39, 0.29) is 5.78 Å². The molecule has 1 amide bonds. The number of furan rings is 1. The Morgan fingerprint density at radius 2 is 1.78 bits per heavy atom. The molecule has 1 aliphatic rings. The number of benzene rings is 2. The number of halogens is 1. The van der Waals surface area contributed by atoms with Gasteiger partial charge in [-0.3, -0.25) is 9.69 Å². The van der Waals surface area contributed by atoms with Crippen LogP contribution in [0.25, 0.3) is 21.9 Å². The van der Waals surface area contributed by atoms with Crippen molar-refractivity contribution in [2.24, 2.45) is 0 Å². The number of carbonyl (C=O) groups is 3. The first kappa shape index (κ1) is 22.3. The van der Waals surface area contributed by atoms with Crippen LogP contribution in [0.2, 0.25) is 0 Å². The quantitative estimate of drug-likeness (QED) is 0.347. The fourth-order valence-corrected chi connectivity index (χ4v) is 4.13. The second kappa shape index (κ2) is 8.58. The molecule has 168 valence electrons. The van der Waals surface area contributed by atoms with E-state index in [4.69, 9.17) is 13.9 Å². The lowest BCUT2D eigenvalue weighted by molar-refractivity contribution is -0.147. The van der Waals surface area contributed by atoms with Crippen LogP contribution in [0.15, 0.2) is 45.3 Å². The summed E-state index contributed by atoms with van der Waals surface area (Å²) in [6, 6.07) is 10.2. The molecule has 0 N–H and O–H groups in total. The highest BCUT2D eigenvalue weighted by Crippen LogP contribution is 2.31. The largest absolute Gasteiger partial charge is 0.456 e. The standard InChI is InChI=1S/C24H24BrNO6/c1-24(2,3)32-23(29)26-10-4-5-18(26)22(28)30-13-19(27)14-6-8-16-17-9-7-15(25)12-21(17)31-20(16)11-14/h6-9,11-12,18H,4-5,10,13H2,1-3H3/t18-/m1/s1. The van der Waals surface area contributed by atoms with Crippen LogP contribution in [0.4, 0.5) is 4.79 Å². The number of nitrogens with zero attached hydrogens (tertiary/aromatic N) is 1. The van der Waals surface area contributed by atoms with Crippen LogP contribution in [0.3, 0.4) is 0 Å². The van der Waals surface area contributed by atoms with Gasteiger partial charge in [-0.1, -0.05) is 22.0 Å². The lowest BCUT2D eigenvalue weighted by Crippen LogP contribution is -2.44. The van der Waals surface area contributed by atoms with E-state index in [1.165, 1.54) is 4.90 Å². The molecule has 0 aliphatic carbocycles. The van der Waals surface area contributed by atoms with Gasteiger partial charge in [0.1, 0.15) is 22.8 Å². The number of hydrogen-bond acceptors (Lipinski definition) is 6. The second-order valence-corrected chi connectivity index (χ2v) is 9.73. The molecule has 1 aromatic heterocycles. The van der Waals surface area contributed by atoms with E-state index >= 15 is 0 Å². The minimum Gasteiger partial charge on any atom is -0.456 e. The molecular weight excluding hydrogens is 478 g/mol. The van der Waals surface area contributed by atoms with Gasteiger partial charge in [-0.05, 0) is 63.9 Å². The smallest absolute Gasteiger partial charge is 0.411 e. The van der Waals surface area contributed by atoms with Gasteiger partial charge in [0, 0.05) is 27.4 Å². The molecule has 32 heavy (non-hydrogen) atoms. The van der Waals surface area contributed by atoms with Gasteiger partial charge in [-0.25, -0.2) is 9.59 Å². The average molecular weight is 502 g/mol. The molecule has 1 aliphatic heterocycles. The number of ether oxygens (including phenoxy) is 2. The van der Waals surface area contributed by atoms with E-state index in [0.717, 1.165) is 15.2 Å². The third kappa shape index (κ3) is 4.65. The highest BCUT2D eigenvalue weighted by atomic mass is 79.9. The number of Topliss-reactive ketones (excluding diaryl/α,β-unsaturated/α-hetero) is 1. The molecule has 0 unspecified atom stereocenters. The van der Waals surface area contributed by atoms with Crippen molar-refractivity contribution < 1.29 is 28.3 Å². The first-order valence-electron chi connectivity index (χ1n) is 10.4. The van der Waals surface area contributed by atoms with Gasteiger partial charge in [0.15, 0.2) is 12.4 Å². The molecule has 0 spiro atoms. The average Bonchev–Trinajstić information content (AvgIpc) is 3.34. The number of carbonyl (C=O) groups excluding carboxylic acids is 3. The Hall–Kier alpha value is -2.87. The van der Waals surface area contributed by atoms with Crippen LogP contribution in [0, 0.1) is 0 Å². The Labute approximate surface area is 193 Å². The topological polar surface area (TPSA) is 86.0 Å².